The molecule has 2 heterocycles. The van der Waals surface area contributed by atoms with Gasteiger partial charge in [-0.15, -0.1) is 11.3 Å². The minimum Gasteiger partial charge on any atom is -0.465 e. The number of methoxy groups -OCH3 is 1. The zero-order chi connectivity index (χ0) is 11.4. The van der Waals surface area contributed by atoms with Crippen LogP contribution in [0, 0.1) is 0 Å². The molecule has 0 saturated carbocycles. The third kappa shape index (κ3) is 2.74. The van der Waals surface area contributed by atoms with E-state index in [1.165, 1.54) is 7.11 Å². The number of esters is 1. The van der Waals surface area contributed by atoms with E-state index in [1.54, 1.807) is 11.3 Å². The van der Waals surface area contributed by atoms with Crippen LogP contribution in [-0.4, -0.2) is 32.2 Å². The zero-order valence-electron chi connectivity index (χ0n) is 9.29. The molecular weight excluding hydrogens is 224 g/mol. The van der Waals surface area contributed by atoms with Crippen molar-refractivity contribution in [2.24, 2.45) is 0 Å². The van der Waals surface area contributed by atoms with Crippen molar-refractivity contribution in [2.45, 2.75) is 18.9 Å². The normalized spacial score (nSPS) is 17.1. The number of anilines is 1. The molecule has 16 heavy (non-hydrogen) atoms. The highest BCUT2D eigenvalue weighted by atomic mass is 32.1. The van der Waals surface area contributed by atoms with E-state index in [0.717, 1.165) is 30.9 Å². The lowest BCUT2D eigenvalue weighted by Crippen LogP contribution is -2.35. The van der Waals surface area contributed by atoms with Gasteiger partial charge in [-0.05, 0) is 32.0 Å². The summed E-state index contributed by atoms with van der Waals surface area (Å²) in [5.74, 6) is -0.269. The van der Waals surface area contributed by atoms with Crippen LogP contribution in [0.3, 0.4) is 0 Å². The van der Waals surface area contributed by atoms with Crippen LogP contribution >= 0.6 is 11.3 Å². The number of hydrogen-bond donors (Lipinski definition) is 2. The van der Waals surface area contributed by atoms with E-state index >= 15 is 0 Å². The third-order valence-corrected chi connectivity index (χ3v) is 3.57. The predicted molar refractivity (Wildman–Crippen MR) is 65.2 cm³/mol. The second-order valence-corrected chi connectivity index (χ2v) is 4.77. The fourth-order valence-electron chi connectivity index (χ4n) is 1.80. The van der Waals surface area contributed by atoms with Crippen molar-refractivity contribution in [1.29, 1.82) is 0 Å². The molecular formula is C11H16N2O2S. The first-order chi connectivity index (χ1) is 7.79. The minimum absolute atomic E-state index is 0.269. The van der Waals surface area contributed by atoms with Crippen molar-refractivity contribution in [3.8, 4) is 0 Å². The van der Waals surface area contributed by atoms with E-state index in [4.69, 9.17) is 0 Å². The molecule has 1 aromatic heterocycles. The number of rotatable bonds is 3. The standard InChI is InChI=1S/C11H16N2O2S/c1-15-11(14)8-6-10(16-7-8)13-9-2-4-12-5-3-9/h6-7,9,12-13H,2-5H2,1H3. The Bertz CT molecular complexity index is 359. The van der Waals surface area contributed by atoms with Gasteiger partial charge < -0.3 is 15.4 Å². The van der Waals surface area contributed by atoms with Crippen molar-refractivity contribution in [2.75, 3.05) is 25.5 Å². The number of thiophene rings is 1. The van der Waals surface area contributed by atoms with Crippen LogP contribution in [0.2, 0.25) is 0 Å². The summed E-state index contributed by atoms with van der Waals surface area (Å²) in [5, 5.41) is 9.65. The number of piperidine rings is 1. The fourth-order valence-corrected chi connectivity index (χ4v) is 2.65. The van der Waals surface area contributed by atoms with Crippen LogP contribution in [0.25, 0.3) is 0 Å². The van der Waals surface area contributed by atoms with E-state index < -0.39 is 0 Å². The Kier molecular flexibility index (Phi) is 3.79. The van der Waals surface area contributed by atoms with Gasteiger partial charge in [-0.1, -0.05) is 0 Å². The molecule has 0 unspecified atom stereocenters. The Labute approximate surface area is 99.0 Å². The molecule has 0 atom stereocenters. The first-order valence-corrected chi connectivity index (χ1v) is 6.31. The summed E-state index contributed by atoms with van der Waals surface area (Å²) in [4.78, 5) is 11.3. The first-order valence-electron chi connectivity index (χ1n) is 5.43. The lowest BCUT2D eigenvalue weighted by Gasteiger charge is -2.23. The van der Waals surface area contributed by atoms with Crippen LogP contribution < -0.4 is 10.6 Å². The maximum atomic E-state index is 11.3. The number of hydrogen-bond acceptors (Lipinski definition) is 5. The molecule has 1 aliphatic rings. The Hall–Kier alpha value is -1.07. The van der Waals surface area contributed by atoms with Crippen LogP contribution in [0.5, 0.6) is 0 Å². The van der Waals surface area contributed by atoms with Crippen LogP contribution in [0.15, 0.2) is 11.4 Å². The van der Waals surface area contributed by atoms with Crippen LogP contribution in [0.4, 0.5) is 5.00 Å². The van der Waals surface area contributed by atoms with Crippen LogP contribution in [-0.2, 0) is 4.74 Å². The largest absolute Gasteiger partial charge is 0.465 e. The highest BCUT2D eigenvalue weighted by Crippen LogP contribution is 2.23. The Balaban J connectivity index is 1.94. The van der Waals surface area contributed by atoms with Crippen molar-refractivity contribution >= 4 is 22.3 Å². The summed E-state index contributed by atoms with van der Waals surface area (Å²) in [7, 11) is 1.40. The summed E-state index contributed by atoms with van der Waals surface area (Å²) >= 11 is 1.55. The Morgan fingerprint density at radius 3 is 3.00 bits per heavy atom. The monoisotopic (exact) mass is 240 g/mol. The lowest BCUT2D eigenvalue weighted by molar-refractivity contribution is 0.0601. The number of nitrogens with one attached hydrogen (secondary N) is 2. The second kappa shape index (κ2) is 5.32. The zero-order valence-corrected chi connectivity index (χ0v) is 10.1. The molecule has 1 saturated heterocycles. The minimum atomic E-state index is -0.269. The van der Waals surface area contributed by atoms with Crippen molar-refractivity contribution in [1.82, 2.24) is 5.32 Å². The highest BCUT2D eigenvalue weighted by molar-refractivity contribution is 7.14. The highest BCUT2D eigenvalue weighted by Gasteiger charge is 2.14. The summed E-state index contributed by atoms with van der Waals surface area (Å²) in [6.07, 6.45) is 2.26. The van der Waals surface area contributed by atoms with Crippen molar-refractivity contribution in [3.63, 3.8) is 0 Å². The average molecular weight is 240 g/mol. The molecule has 0 spiro atoms. The molecule has 2 N–H and O–H groups in total. The molecule has 0 radical (unpaired) electrons. The van der Waals surface area contributed by atoms with E-state index in [0.29, 0.717) is 11.6 Å². The molecule has 1 fully saturated rings. The van der Waals surface area contributed by atoms with Gasteiger partial charge in [0.1, 0.15) is 0 Å². The third-order valence-electron chi connectivity index (χ3n) is 2.71. The van der Waals surface area contributed by atoms with Gasteiger partial charge in [0.25, 0.3) is 0 Å². The van der Waals surface area contributed by atoms with E-state index in [2.05, 4.69) is 15.4 Å². The fraction of sp³-hybridized carbons (Fsp3) is 0.545. The summed E-state index contributed by atoms with van der Waals surface area (Å²) in [6.45, 7) is 2.12. The van der Waals surface area contributed by atoms with Gasteiger partial charge in [0, 0.05) is 11.4 Å². The van der Waals surface area contributed by atoms with Gasteiger partial charge in [-0.2, -0.15) is 0 Å². The summed E-state index contributed by atoms with van der Waals surface area (Å²) < 4.78 is 4.67. The molecule has 5 heteroatoms. The maximum absolute atomic E-state index is 11.3. The molecule has 0 aliphatic carbocycles. The maximum Gasteiger partial charge on any atom is 0.338 e. The molecule has 4 nitrogen and oxygen atoms in total. The molecule has 1 aliphatic heterocycles. The number of carbonyl (C=O) groups excluding carboxylic acids is 1. The molecule has 1 aromatic rings. The molecule has 0 bridgehead atoms. The SMILES string of the molecule is COC(=O)c1csc(NC2CCNCC2)c1. The Morgan fingerprint density at radius 2 is 2.31 bits per heavy atom. The first kappa shape index (κ1) is 11.4. The van der Waals surface area contributed by atoms with Gasteiger partial charge in [0.05, 0.1) is 17.7 Å². The topological polar surface area (TPSA) is 50.4 Å². The van der Waals surface area contributed by atoms with Gasteiger partial charge in [-0.3, -0.25) is 0 Å². The average Bonchev–Trinajstić information content (AvgIpc) is 2.78. The molecule has 88 valence electrons. The lowest BCUT2D eigenvalue weighted by atomic mass is 10.1. The summed E-state index contributed by atoms with van der Waals surface area (Å²) in [5.41, 5.74) is 0.629. The Morgan fingerprint density at radius 1 is 1.56 bits per heavy atom. The number of ether oxygens (including phenoxy) is 1. The van der Waals surface area contributed by atoms with Gasteiger partial charge in [0.2, 0.25) is 0 Å². The van der Waals surface area contributed by atoms with Crippen molar-refractivity contribution < 1.29 is 9.53 Å². The second-order valence-electron chi connectivity index (χ2n) is 3.86. The molecule has 2 rings (SSSR count). The quantitative estimate of drug-likeness (QED) is 0.790. The summed E-state index contributed by atoms with van der Waals surface area (Å²) in [6, 6.07) is 2.38. The van der Waals surface area contributed by atoms with Crippen LogP contribution in [0.1, 0.15) is 23.2 Å². The molecule has 0 amide bonds. The van der Waals surface area contributed by atoms with E-state index in [-0.39, 0.29) is 5.97 Å². The smallest absolute Gasteiger partial charge is 0.338 e. The van der Waals surface area contributed by atoms with Gasteiger partial charge in [0.15, 0.2) is 0 Å². The molecule has 0 aromatic carbocycles. The predicted octanol–water partition coefficient (Wildman–Crippen LogP) is 1.70. The van der Waals surface area contributed by atoms with Crippen molar-refractivity contribution in [3.05, 3.63) is 17.0 Å². The van der Waals surface area contributed by atoms with E-state index in [1.807, 2.05) is 11.4 Å². The van der Waals surface area contributed by atoms with Gasteiger partial charge >= 0.3 is 5.97 Å². The van der Waals surface area contributed by atoms with E-state index in [9.17, 15) is 4.79 Å². The van der Waals surface area contributed by atoms with Gasteiger partial charge in [-0.25, -0.2) is 4.79 Å². The number of carbonyl (C=O) groups is 1.